The zero-order chi connectivity index (χ0) is 15.1. The third-order valence-electron chi connectivity index (χ3n) is 3.14. The molecular formula is C15H20N4O2. The van der Waals surface area contributed by atoms with Crippen LogP contribution in [0.3, 0.4) is 0 Å². The number of rotatable bonds is 8. The van der Waals surface area contributed by atoms with Gasteiger partial charge in [0.1, 0.15) is 6.73 Å². The molecule has 1 atom stereocenters. The molecular weight excluding hydrogens is 268 g/mol. The molecule has 6 nitrogen and oxygen atoms in total. The van der Waals surface area contributed by atoms with Crippen molar-refractivity contribution in [3.05, 3.63) is 54.1 Å². The predicted octanol–water partition coefficient (Wildman–Crippen LogP) is 0.673. The maximum atomic E-state index is 11.2. The van der Waals surface area contributed by atoms with Crippen molar-refractivity contribution in [1.29, 1.82) is 0 Å². The quantitative estimate of drug-likeness (QED) is 0.748. The number of likely N-dealkylation sites (N-methyl/N-ethyl adjacent to an activating group) is 1. The van der Waals surface area contributed by atoms with E-state index in [2.05, 4.69) is 10.3 Å². The number of nitrogens with two attached hydrogens (primary N) is 1. The Morgan fingerprint density at radius 2 is 2.19 bits per heavy atom. The van der Waals surface area contributed by atoms with Crippen molar-refractivity contribution in [1.82, 2.24) is 14.9 Å². The summed E-state index contributed by atoms with van der Waals surface area (Å²) in [6, 6.07) is 9.57. The van der Waals surface area contributed by atoms with Crippen LogP contribution in [-0.4, -0.2) is 28.5 Å². The molecule has 0 spiro atoms. The summed E-state index contributed by atoms with van der Waals surface area (Å²) < 4.78 is 7.45. The highest BCUT2D eigenvalue weighted by Gasteiger charge is 2.14. The summed E-state index contributed by atoms with van der Waals surface area (Å²) in [6.07, 6.45) is 4.02. The molecule has 2 rings (SSSR count). The number of aromatic nitrogens is 2. The Labute approximate surface area is 123 Å². The topological polar surface area (TPSA) is 82.2 Å². The first-order valence-electron chi connectivity index (χ1n) is 6.78. The summed E-state index contributed by atoms with van der Waals surface area (Å²) in [5, 5.41) is 2.87. The molecule has 0 aliphatic rings. The summed E-state index contributed by atoms with van der Waals surface area (Å²) in [5.41, 5.74) is 7.21. The van der Waals surface area contributed by atoms with E-state index in [9.17, 15) is 4.79 Å². The fourth-order valence-corrected chi connectivity index (χ4v) is 1.98. The average Bonchev–Trinajstić information content (AvgIpc) is 2.93. The normalized spacial score (nSPS) is 12.2. The first-order chi connectivity index (χ1) is 10.2. The second-order valence-electron chi connectivity index (χ2n) is 4.79. The van der Waals surface area contributed by atoms with Crippen LogP contribution in [0.15, 0.2) is 42.9 Å². The molecule has 1 aromatic carbocycles. The summed E-state index contributed by atoms with van der Waals surface area (Å²) in [7, 11) is 1.70. The monoisotopic (exact) mass is 288 g/mol. The molecule has 0 unspecified atom stereocenters. The number of imidazole rings is 1. The molecule has 0 saturated carbocycles. The van der Waals surface area contributed by atoms with Crippen molar-refractivity contribution in [2.75, 3.05) is 7.05 Å². The van der Waals surface area contributed by atoms with E-state index in [1.165, 1.54) is 0 Å². The standard InChI is InChI=1S/C15H20N4O2/c1-17-14(15(16)20)7-13-8-19(10-18-13)11-21-9-12-5-3-2-4-6-12/h2-6,8,10,14,17H,7,9,11H2,1H3,(H2,16,20)/t14-/m0/s1. The Bertz CT molecular complexity index is 568. The van der Waals surface area contributed by atoms with Crippen molar-refractivity contribution >= 4 is 5.91 Å². The van der Waals surface area contributed by atoms with Gasteiger partial charge in [-0.05, 0) is 12.6 Å². The van der Waals surface area contributed by atoms with E-state index >= 15 is 0 Å². The Hall–Kier alpha value is -2.18. The van der Waals surface area contributed by atoms with Crippen LogP contribution >= 0.6 is 0 Å². The van der Waals surface area contributed by atoms with Crippen LogP contribution in [0.5, 0.6) is 0 Å². The Balaban J connectivity index is 1.81. The van der Waals surface area contributed by atoms with Crippen molar-refractivity contribution in [3.63, 3.8) is 0 Å². The fourth-order valence-electron chi connectivity index (χ4n) is 1.98. The molecule has 0 aliphatic heterocycles. The van der Waals surface area contributed by atoms with Gasteiger partial charge < -0.3 is 20.4 Å². The molecule has 0 aliphatic carbocycles. The molecule has 0 saturated heterocycles. The first kappa shape index (κ1) is 15.2. The molecule has 0 fully saturated rings. The first-order valence-corrected chi connectivity index (χ1v) is 6.78. The Morgan fingerprint density at radius 3 is 2.86 bits per heavy atom. The van der Waals surface area contributed by atoms with Gasteiger partial charge in [-0.1, -0.05) is 30.3 Å². The van der Waals surface area contributed by atoms with Crippen LogP contribution < -0.4 is 11.1 Å². The van der Waals surface area contributed by atoms with E-state index in [0.29, 0.717) is 19.8 Å². The van der Waals surface area contributed by atoms with Gasteiger partial charge in [-0.3, -0.25) is 4.79 Å². The molecule has 2 aromatic rings. The number of nitrogens with one attached hydrogen (secondary N) is 1. The summed E-state index contributed by atoms with van der Waals surface area (Å²) in [5.74, 6) is -0.382. The van der Waals surface area contributed by atoms with E-state index in [1.807, 2.05) is 41.1 Å². The average molecular weight is 288 g/mol. The molecule has 112 valence electrons. The van der Waals surface area contributed by atoms with Gasteiger partial charge in [-0.15, -0.1) is 0 Å². The van der Waals surface area contributed by atoms with Crippen LogP contribution in [0.2, 0.25) is 0 Å². The lowest BCUT2D eigenvalue weighted by molar-refractivity contribution is -0.119. The number of carbonyl (C=O) groups excluding carboxylic acids is 1. The van der Waals surface area contributed by atoms with Gasteiger partial charge in [0.2, 0.25) is 5.91 Å². The van der Waals surface area contributed by atoms with Gasteiger partial charge in [0.15, 0.2) is 0 Å². The number of amides is 1. The summed E-state index contributed by atoms with van der Waals surface area (Å²) in [4.78, 5) is 15.4. The molecule has 21 heavy (non-hydrogen) atoms. The third-order valence-corrected chi connectivity index (χ3v) is 3.14. The van der Waals surface area contributed by atoms with Crippen LogP contribution in [0.1, 0.15) is 11.3 Å². The van der Waals surface area contributed by atoms with Crippen LogP contribution in [0.4, 0.5) is 0 Å². The molecule has 3 N–H and O–H groups in total. The highest BCUT2D eigenvalue weighted by atomic mass is 16.5. The second-order valence-corrected chi connectivity index (χ2v) is 4.79. The fraction of sp³-hybridized carbons (Fsp3) is 0.333. The molecule has 6 heteroatoms. The Morgan fingerprint density at radius 1 is 1.43 bits per heavy atom. The van der Waals surface area contributed by atoms with Gasteiger partial charge in [0.05, 0.1) is 24.7 Å². The van der Waals surface area contributed by atoms with E-state index in [4.69, 9.17) is 10.5 Å². The summed E-state index contributed by atoms with van der Waals surface area (Å²) in [6.45, 7) is 0.970. The number of primary amides is 1. The van der Waals surface area contributed by atoms with Crippen LogP contribution in [0, 0.1) is 0 Å². The largest absolute Gasteiger partial charge is 0.368 e. The molecule has 1 heterocycles. The number of hydrogen-bond acceptors (Lipinski definition) is 4. The molecule has 1 amide bonds. The second kappa shape index (κ2) is 7.56. The highest BCUT2D eigenvalue weighted by Crippen LogP contribution is 2.04. The smallest absolute Gasteiger partial charge is 0.234 e. The zero-order valence-electron chi connectivity index (χ0n) is 12.0. The van der Waals surface area contributed by atoms with Gasteiger partial charge in [-0.25, -0.2) is 4.98 Å². The SMILES string of the molecule is CN[C@@H](Cc1cn(COCc2ccccc2)cn1)C(N)=O. The van der Waals surface area contributed by atoms with Gasteiger partial charge in [0, 0.05) is 12.6 Å². The van der Waals surface area contributed by atoms with Gasteiger partial charge in [0.25, 0.3) is 0 Å². The number of nitrogens with zero attached hydrogens (tertiary/aromatic N) is 2. The summed E-state index contributed by atoms with van der Waals surface area (Å²) >= 11 is 0. The minimum Gasteiger partial charge on any atom is -0.368 e. The Kier molecular flexibility index (Phi) is 5.48. The van der Waals surface area contributed by atoms with Gasteiger partial charge in [-0.2, -0.15) is 0 Å². The molecule has 1 aromatic heterocycles. The van der Waals surface area contributed by atoms with Crippen LogP contribution in [0.25, 0.3) is 0 Å². The molecule has 0 bridgehead atoms. The lowest BCUT2D eigenvalue weighted by atomic mass is 10.1. The van der Waals surface area contributed by atoms with E-state index in [0.717, 1.165) is 11.3 Å². The number of benzene rings is 1. The lowest BCUT2D eigenvalue weighted by Gasteiger charge is -2.09. The zero-order valence-corrected chi connectivity index (χ0v) is 12.0. The maximum Gasteiger partial charge on any atom is 0.234 e. The highest BCUT2D eigenvalue weighted by molar-refractivity contribution is 5.80. The third kappa shape index (κ3) is 4.70. The van der Waals surface area contributed by atoms with Crippen molar-refractivity contribution in [3.8, 4) is 0 Å². The number of carbonyl (C=O) groups is 1. The van der Waals surface area contributed by atoms with Crippen molar-refractivity contribution in [2.24, 2.45) is 5.73 Å². The number of ether oxygens (including phenoxy) is 1. The van der Waals surface area contributed by atoms with Crippen molar-refractivity contribution in [2.45, 2.75) is 25.8 Å². The van der Waals surface area contributed by atoms with Crippen molar-refractivity contribution < 1.29 is 9.53 Å². The van der Waals surface area contributed by atoms with Gasteiger partial charge >= 0.3 is 0 Å². The van der Waals surface area contributed by atoms with E-state index < -0.39 is 6.04 Å². The van der Waals surface area contributed by atoms with E-state index in [-0.39, 0.29) is 5.91 Å². The predicted molar refractivity (Wildman–Crippen MR) is 79.2 cm³/mol. The maximum absolute atomic E-state index is 11.2. The van der Waals surface area contributed by atoms with E-state index in [1.54, 1.807) is 13.4 Å². The van der Waals surface area contributed by atoms with Crippen LogP contribution in [-0.2, 0) is 29.3 Å². The lowest BCUT2D eigenvalue weighted by Crippen LogP contribution is -2.40. The minimum atomic E-state index is -0.404. The molecule has 0 radical (unpaired) electrons. The minimum absolute atomic E-state index is 0.382. The number of hydrogen-bond donors (Lipinski definition) is 2.